The Morgan fingerprint density at radius 1 is 1.56 bits per heavy atom. The number of nitrogens with one attached hydrogen (secondary N) is 2. The van der Waals surface area contributed by atoms with Gasteiger partial charge in [0.25, 0.3) is 5.91 Å². The van der Waals surface area contributed by atoms with Gasteiger partial charge in [0, 0.05) is 18.5 Å². The van der Waals surface area contributed by atoms with E-state index in [0.717, 1.165) is 11.7 Å². The third-order valence-corrected chi connectivity index (χ3v) is 3.11. The number of rotatable bonds is 7. The standard InChI is InChI=1S/C12H21N3O2S/c1-4-13-12-15-10(7-18-12)11(17)14-6-9(16)5-8(2)3/h7-9,16H,4-6H2,1-3H3,(H,13,15)(H,14,17). The number of carbonyl (C=O) groups is 1. The predicted molar refractivity (Wildman–Crippen MR) is 74.1 cm³/mol. The van der Waals surface area contributed by atoms with Gasteiger partial charge in [0.15, 0.2) is 5.13 Å². The van der Waals surface area contributed by atoms with Crippen LogP contribution in [0, 0.1) is 5.92 Å². The summed E-state index contributed by atoms with van der Waals surface area (Å²) in [6.07, 6.45) is 0.181. The largest absolute Gasteiger partial charge is 0.391 e. The summed E-state index contributed by atoms with van der Waals surface area (Å²) in [6.45, 7) is 7.10. The van der Waals surface area contributed by atoms with Crippen molar-refractivity contribution in [2.24, 2.45) is 5.92 Å². The molecule has 0 aliphatic rings. The van der Waals surface area contributed by atoms with Gasteiger partial charge < -0.3 is 15.7 Å². The van der Waals surface area contributed by atoms with E-state index in [1.54, 1.807) is 5.38 Å². The average molecular weight is 271 g/mol. The summed E-state index contributed by atoms with van der Waals surface area (Å²) < 4.78 is 0. The van der Waals surface area contributed by atoms with Crippen molar-refractivity contribution in [3.8, 4) is 0 Å². The Bertz CT molecular complexity index is 379. The third kappa shape index (κ3) is 5.01. The van der Waals surface area contributed by atoms with E-state index in [0.29, 0.717) is 18.0 Å². The van der Waals surface area contributed by atoms with Crippen molar-refractivity contribution in [2.75, 3.05) is 18.4 Å². The molecule has 0 bridgehead atoms. The van der Waals surface area contributed by atoms with Crippen molar-refractivity contribution in [2.45, 2.75) is 33.3 Å². The van der Waals surface area contributed by atoms with Crippen molar-refractivity contribution in [1.82, 2.24) is 10.3 Å². The highest BCUT2D eigenvalue weighted by Crippen LogP contribution is 2.14. The van der Waals surface area contributed by atoms with Gasteiger partial charge >= 0.3 is 0 Å². The maximum atomic E-state index is 11.7. The third-order valence-electron chi connectivity index (χ3n) is 2.31. The lowest BCUT2D eigenvalue weighted by Crippen LogP contribution is -2.32. The van der Waals surface area contributed by atoms with Crippen LogP contribution in [0.5, 0.6) is 0 Å². The highest BCUT2D eigenvalue weighted by atomic mass is 32.1. The van der Waals surface area contributed by atoms with Crippen LogP contribution in [0.2, 0.25) is 0 Å². The number of thiazole rings is 1. The number of hydrogen-bond acceptors (Lipinski definition) is 5. The molecule has 0 saturated carbocycles. The van der Waals surface area contributed by atoms with Gasteiger partial charge in [-0.2, -0.15) is 0 Å². The van der Waals surface area contributed by atoms with Gasteiger partial charge in [0.05, 0.1) is 6.10 Å². The number of nitrogens with zero attached hydrogens (tertiary/aromatic N) is 1. The Morgan fingerprint density at radius 3 is 2.89 bits per heavy atom. The van der Waals surface area contributed by atoms with Crippen molar-refractivity contribution in [1.29, 1.82) is 0 Å². The fourth-order valence-electron chi connectivity index (χ4n) is 1.54. The van der Waals surface area contributed by atoms with Crippen LogP contribution in [-0.2, 0) is 0 Å². The van der Waals surface area contributed by atoms with Crippen LogP contribution >= 0.6 is 11.3 Å². The summed E-state index contributed by atoms with van der Waals surface area (Å²) >= 11 is 1.40. The number of aliphatic hydroxyl groups excluding tert-OH is 1. The number of aliphatic hydroxyl groups is 1. The summed E-state index contributed by atoms with van der Waals surface area (Å²) in [5, 5.41) is 17.9. The maximum absolute atomic E-state index is 11.7. The van der Waals surface area contributed by atoms with Gasteiger partial charge in [-0.15, -0.1) is 11.3 Å². The molecule has 0 aliphatic heterocycles. The molecule has 0 saturated heterocycles. The normalized spacial score (nSPS) is 12.5. The molecule has 0 aliphatic carbocycles. The lowest BCUT2D eigenvalue weighted by molar-refractivity contribution is 0.0896. The minimum absolute atomic E-state index is 0.238. The Kier molecular flexibility index (Phi) is 6.07. The minimum atomic E-state index is -0.499. The van der Waals surface area contributed by atoms with Crippen LogP contribution in [0.4, 0.5) is 5.13 Å². The van der Waals surface area contributed by atoms with E-state index < -0.39 is 6.10 Å². The predicted octanol–water partition coefficient (Wildman–Crippen LogP) is 1.71. The fourth-order valence-corrected chi connectivity index (χ4v) is 2.30. The summed E-state index contributed by atoms with van der Waals surface area (Å²) in [4.78, 5) is 15.9. The molecule has 18 heavy (non-hydrogen) atoms. The average Bonchev–Trinajstić information content (AvgIpc) is 2.74. The summed E-state index contributed by atoms with van der Waals surface area (Å²) in [5.74, 6) is 0.176. The Morgan fingerprint density at radius 2 is 2.28 bits per heavy atom. The van der Waals surface area contributed by atoms with Crippen LogP contribution in [0.15, 0.2) is 5.38 Å². The molecule has 1 amide bonds. The number of hydrogen-bond donors (Lipinski definition) is 3. The first-order chi connectivity index (χ1) is 8.52. The lowest BCUT2D eigenvalue weighted by Gasteiger charge is -2.13. The summed E-state index contributed by atoms with van der Waals surface area (Å²) in [7, 11) is 0. The van der Waals surface area contributed by atoms with Crippen LogP contribution in [0.1, 0.15) is 37.7 Å². The second kappa shape index (κ2) is 7.33. The van der Waals surface area contributed by atoms with Gasteiger partial charge in [-0.1, -0.05) is 13.8 Å². The number of anilines is 1. The molecule has 1 atom stereocenters. The molecule has 1 rings (SSSR count). The highest BCUT2D eigenvalue weighted by molar-refractivity contribution is 7.13. The van der Waals surface area contributed by atoms with E-state index in [-0.39, 0.29) is 12.5 Å². The van der Waals surface area contributed by atoms with E-state index in [9.17, 15) is 9.90 Å². The zero-order chi connectivity index (χ0) is 13.5. The zero-order valence-electron chi connectivity index (χ0n) is 11.1. The molecular weight excluding hydrogens is 250 g/mol. The van der Waals surface area contributed by atoms with E-state index >= 15 is 0 Å². The first-order valence-electron chi connectivity index (χ1n) is 6.18. The van der Waals surface area contributed by atoms with Crippen LogP contribution < -0.4 is 10.6 Å². The van der Waals surface area contributed by atoms with Crippen LogP contribution in [0.25, 0.3) is 0 Å². The monoisotopic (exact) mass is 271 g/mol. The number of aromatic nitrogens is 1. The van der Waals surface area contributed by atoms with Gasteiger partial charge in [0.1, 0.15) is 5.69 Å². The molecule has 1 heterocycles. The van der Waals surface area contributed by atoms with Gasteiger partial charge in [0.2, 0.25) is 0 Å². The van der Waals surface area contributed by atoms with Gasteiger partial charge in [-0.05, 0) is 19.3 Å². The minimum Gasteiger partial charge on any atom is -0.391 e. The molecule has 0 radical (unpaired) electrons. The first-order valence-corrected chi connectivity index (χ1v) is 7.06. The van der Waals surface area contributed by atoms with E-state index in [1.807, 2.05) is 20.8 Å². The van der Waals surface area contributed by atoms with Crippen LogP contribution in [-0.4, -0.2) is 35.2 Å². The smallest absolute Gasteiger partial charge is 0.270 e. The first kappa shape index (κ1) is 14.9. The Labute approximate surface area is 112 Å². The fraction of sp³-hybridized carbons (Fsp3) is 0.667. The molecule has 3 N–H and O–H groups in total. The zero-order valence-corrected chi connectivity index (χ0v) is 11.9. The molecule has 0 aromatic carbocycles. The Balaban J connectivity index is 2.40. The van der Waals surface area contributed by atoms with Gasteiger partial charge in [-0.3, -0.25) is 4.79 Å². The molecule has 0 fully saturated rings. The Hall–Kier alpha value is -1.14. The van der Waals surface area contributed by atoms with Crippen molar-refractivity contribution in [3.63, 3.8) is 0 Å². The van der Waals surface area contributed by atoms with E-state index in [1.165, 1.54) is 11.3 Å². The number of amides is 1. The van der Waals surface area contributed by atoms with Crippen molar-refractivity contribution >= 4 is 22.4 Å². The molecule has 0 spiro atoms. The van der Waals surface area contributed by atoms with Crippen LogP contribution in [0.3, 0.4) is 0 Å². The second-order valence-corrected chi connectivity index (χ2v) is 5.42. The molecule has 6 heteroatoms. The van der Waals surface area contributed by atoms with E-state index in [4.69, 9.17) is 0 Å². The molecular formula is C12H21N3O2S. The second-order valence-electron chi connectivity index (χ2n) is 4.56. The summed E-state index contributed by atoms with van der Waals surface area (Å²) in [5.41, 5.74) is 0.396. The quantitative estimate of drug-likeness (QED) is 0.706. The summed E-state index contributed by atoms with van der Waals surface area (Å²) in [6, 6.07) is 0. The topological polar surface area (TPSA) is 74.2 Å². The molecule has 5 nitrogen and oxygen atoms in total. The molecule has 102 valence electrons. The lowest BCUT2D eigenvalue weighted by atomic mass is 10.1. The van der Waals surface area contributed by atoms with Crippen molar-refractivity contribution in [3.05, 3.63) is 11.1 Å². The SMILES string of the molecule is CCNc1nc(C(=O)NCC(O)CC(C)C)cs1. The van der Waals surface area contributed by atoms with E-state index in [2.05, 4.69) is 15.6 Å². The number of carbonyl (C=O) groups excluding carboxylic acids is 1. The van der Waals surface area contributed by atoms with Gasteiger partial charge in [-0.25, -0.2) is 4.98 Å². The van der Waals surface area contributed by atoms with Crippen molar-refractivity contribution < 1.29 is 9.90 Å². The maximum Gasteiger partial charge on any atom is 0.270 e. The molecule has 1 aromatic rings. The molecule has 1 aromatic heterocycles. The highest BCUT2D eigenvalue weighted by Gasteiger charge is 2.13. The molecule has 1 unspecified atom stereocenters.